The number of carbonyl (C=O) groups is 1. The van der Waals surface area contributed by atoms with E-state index in [1.807, 2.05) is 0 Å². The Labute approximate surface area is 113 Å². The second kappa shape index (κ2) is 5.16. The zero-order valence-corrected chi connectivity index (χ0v) is 10.5. The van der Waals surface area contributed by atoms with E-state index in [4.69, 9.17) is 15.6 Å². The molecule has 0 aliphatic carbocycles. The number of halogens is 2. The number of nitrogens with two attached hydrogens (primary N) is 1. The van der Waals surface area contributed by atoms with Crippen LogP contribution in [0.3, 0.4) is 0 Å². The van der Waals surface area contributed by atoms with Crippen LogP contribution in [0.2, 0.25) is 0 Å². The largest absolute Gasteiger partial charge is 0.478 e. The van der Waals surface area contributed by atoms with Gasteiger partial charge >= 0.3 is 5.97 Å². The highest BCUT2D eigenvalue weighted by Crippen LogP contribution is 2.29. The van der Waals surface area contributed by atoms with Gasteiger partial charge in [-0.25, -0.2) is 13.6 Å². The van der Waals surface area contributed by atoms with E-state index in [1.165, 1.54) is 12.1 Å². The first kappa shape index (κ1) is 13.8. The highest BCUT2D eigenvalue weighted by atomic mass is 19.1. The Morgan fingerprint density at radius 1 is 1.20 bits per heavy atom. The molecule has 2 aromatic rings. The standard InChI is InChI=1S/C14H11F2NO3/c1-7-2-3-8(4-10(7)15)20-13-5-9(14(18)19)12(17)6-11(13)16/h2-6H,17H2,1H3,(H,18,19). The molecule has 0 unspecified atom stereocenters. The SMILES string of the molecule is Cc1ccc(Oc2cc(C(=O)O)c(N)cc2F)cc1F. The Morgan fingerprint density at radius 2 is 1.90 bits per heavy atom. The van der Waals surface area contributed by atoms with Gasteiger partial charge in [-0.1, -0.05) is 6.07 Å². The number of ether oxygens (including phenoxy) is 1. The number of nitrogen functional groups attached to an aromatic ring is 1. The van der Waals surface area contributed by atoms with Crippen LogP contribution in [-0.2, 0) is 0 Å². The van der Waals surface area contributed by atoms with Gasteiger partial charge < -0.3 is 15.6 Å². The summed E-state index contributed by atoms with van der Waals surface area (Å²) in [6.07, 6.45) is 0. The third-order valence-corrected chi connectivity index (χ3v) is 2.71. The Bertz CT molecular complexity index is 686. The minimum atomic E-state index is -1.30. The summed E-state index contributed by atoms with van der Waals surface area (Å²) in [5.74, 6) is -2.90. The quantitative estimate of drug-likeness (QED) is 0.845. The molecular formula is C14H11F2NO3. The zero-order chi connectivity index (χ0) is 14.9. The molecule has 6 heteroatoms. The summed E-state index contributed by atoms with van der Waals surface area (Å²) in [7, 11) is 0. The molecule has 0 amide bonds. The number of hydrogen-bond acceptors (Lipinski definition) is 3. The highest BCUT2D eigenvalue weighted by molar-refractivity contribution is 5.94. The van der Waals surface area contributed by atoms with Gasteiger partial charge in [0.05, 0.1) is 5.56 Å². The van der Waals surface area contributed by atoms with Gasteiger partial charge in [0.1, 0.15) is 11.6 Å². The molecular weight excluding hydrogens is 268 g/mol. The molecule has 20 heavy (non-hydrogen) atoms. The number of hydrogen-bond donors (Lipinski definition) is 2. The van der Waals surface area contributed by atoms with Crippen LogP contribution >= 0.6 is 0 Å². The second-order valence-corrected chi connectivity index (χ2v) is 4.19. The Balaban J connectivity index is 2.40. The molecule has 0 heterocycles. The predicted molar refractivity (Wildman–Crippen MR) is 69.0 cm³/mol. The number of carboxylic acids is 1. The second-order valence-electron chi connectivity index (χ2n) is 4.19. The van der Waals surface area contributed by atoms with E-state index in [9.17, 15) is 13.6 Å². The molecule has 0 aliphatic rings. The fraction of sp³-hybridized carbons (Fsp3) is 0.0714. The third-order valence-electron chi connectivity index (χ3n) is 2.71. The summed E-state index contributed by atoms with van der Waals surface area (Å²) in [5, 5.41) is 8.91. The van der Waals surface area contributed by atoms with Crippen LogP contribution in [0.25, 0.3) is 0 Å². The van der Waals surface area contributed by atoms with Gasteiger partial charge in [-0.2, -0.15) is 0 Å². The average molecular weight is 279 g/mol. The first-order chi connectivity index (χ1) is 9.38. The summed E-state index contributed by atoms with van der Waals surface area (Å²) in [6, 6.07) is 5.83. The van der Waals surface area contributed by atoms with E-state index >= 15 is 0 Å². The summed E-state index contributed by atoms with van der Waals surface area (Å²) in [4.78, 5) is 10.9. The maximum absolute atomic E-state index is 13.7. The summed E-state index contributed by atoms with van der Waals surface area (Å²) >= 11 is 0. The molecule has 0 spiro atoms. The van der Waals surface area contributed by atoms with Crippen LogP contribution in [0.15, 0.2) is 30.3 Å². The highest BCUT2D eigenvalue weighted by Gasteiger charge is 2.15. The molecule has 0 radical (unpaired) electrons. The number of aryl methyl sites for hydroxylation is 1. The van der Waals surface area contributed by atoms with E-state index in [1.54, 1.807) is 6.92 Å². The van der Waals surface area contributed by atoms with Crippen molar-refractivity contribution in [2.45, 2.75) is 6.92 Å². The third kappa shape index (κ3) is 2.69. The summed E-state index contributed by atoms with van der Waals surface area (Å²) in [6.45, 7) is 1.57. The molecule has 0 aromatic heterocycles. The monoisotopic (exact) mass is 279 g/mol. The molecule has 3 N–H and O–H groups in total. The van der Waals surface area contributed by atoms with E-state index in [-0.39, 0.29) is 22.7 Å². The molecule has 0 saturated heterocycles. The zero-order valence-electron chi connectivity index (χ0n) is 10.5. The average Bonchev–Trinajstić information content (AvgIpc) is 2.36. The van der Waals surface area contributed by atoms with Gasteiger partial charge in [-0.05, 0) is 18.6 Å². The van der Waals surface area contributed by atoms with Crippen LogP contribution < -0.4 is 10.5 Å². The molecule has 0 fully saturated rings. The first-order valence-electron chi connectivity index (χ1n) is 5.65. The lowest BCUT2D eigenvalue weighted by Gasteiger charge is -2.10. The van der Waals surface area contributed by atoms with Crippen molar-refractivity contribution >= 4 is 11.7 Å². The van der Waals surface area contributed by atoms with Crippen molar-refractivity contribution < 1.29 is 23.4 Å². The Kier molecular flexibility index (Phi) is 3.56. The van der Waals surface area contributed by atoms with E-state index in [0.717, 1.165) is 18.2 Å². The van der Waals surface area contributed by atoms with E-state index in [0.29, 0.717) is 5.56 Å². The molecule has 0 saturated carbocycles. The number of rotatable bonds is 3. The van der Waals surface area contributed by atoms with Crippen LogP contribution in [0.4, 0.5) is 14.5 Å². The molecule has 0 bridgehead atoms. The van der Waals surface area contributed by atoms with Gasteiger partial charge in [0.2, 0.25) is 0 Å². The summed E-state index contributed by atoms with van der Waals surface area (Å²) in [5.41, 5.74) is 5.32. The Morgan fingerprint density at radius 3 is 2.50 bits per heavy atom. The number of carboxylic acid groups (broad SMARTS) is 1. The van der Waals surface area contributed by atoms with Gasteiger partial charge in [0.25, 0.3) is 0 Å². The predicted octanol–water partition coefficient (Wildman–Crippen LogP) is 3.35. The van der Waals surface area contributed by atoms with Crippen LogP contribution in [0, 0.1) is 18.6 Å². The van der Waals surface area contributed by atoms with Gasteiger partial charge in [0.15, 0.2) is 11.6 Å². The molecule has 2 aromatic carbocycles. The van der Waals surface area contributed by atoms with Gasteiger partial charge in [0, 0.05) is 23.9 Å². The van der Waals surface area contributed by atoms with Crippen molar-refractivity contribution in [1.29, 1.82) is 0 Å². The van der Waals surface area contributed by atoms with Crippen molar-refractivity contribution in [1.82, 2.24) is 0 Å². The molecule has 2 rings (SSSR count). The van der Waals surface area contributed by atoms with Crippen LogP contribution in [0.1, 0.15) is 15.9 Å². The maximum atomic E-state index is 13.7. The maximum Gasteiger partial charge on any atom is 0.337 e. The fourth-order valence-corrected chi connectivity index (χ4v) is 1.60. The lowest BCUT2D eigenvalue weighted by atomic mass is 10.1. The topological polar surface area (TPSA) is 72.5 Å². The first-order valence-corrected chi connectivity index (χ1v) is 5.65. The van der Waals surface area contributed by atoms with Crippen molar-refractivity contribution in [2.75, 3.05) is 5.73 Å². The Hall–Kier alpha value is -2.63. The van der Waals surface area contributed by atoms with Crippen LogP contribution in [-0.4, -0.2) is 11.1 Å². The van der Waals surface area contributed by atoms with Gasteiger partial charge in [-0.3, -0.25) is 0 Å². The molecule has 0 atom stereocenters. The van der Waals surface area contributed by atoms with Crippen molar-refractivity contribution in [3.05, 3.63) is 53.1 Å². The van der Waals surface area contributed by atoms with Crippen molar-refractivity contribution in [3.8, 4) is 11.5 Å². The minimum absolute atomic E-state index is 0.0631. The lowest BCUT2D eigenvalue weighted by molar-refractivity contribution is 0.0697. The number of benzene rings is 2. The molecule has 0 aliphatic heterocycles. The van der Waals surface area contributed by atoms with E-state index in [2.05, 4.69) is 0 Å². The van der Waals surface area contributed by atoms with Crippen molar-refractivity contribution in [2.24, 2.45) is 0 Å². The minimum Gasteiger partial charge on any atom is -0.478 e. The smallest absolute Gasteiger partial charge is 0.337 e. The van der Waals surface area contributed by atoms with E-state index < -0.39 is 17.6 Å². The normalized spacial score (nSPS) is 10.3. The molecule has 4 nitrogen and oxygen atoms in total. The number of anilines is 1. The fourth-order valence-electron chi connectivity index (χ4n) is 1.60. The number of aromatic carboxylic acids is 1. The van der Waals surface area contributed by atoms with Crippen molar-refractivity contribution in [3.63, 3.8) is 0 Å². The molecule has 104 valence electrons. The lowest BCUT2D eigenvalue weighted by Crippen LogP contribution is -2.04. The summed E-state index contributed by atoms with van der Waals surface area (Å²) < 4.78 is 32.2. The van der Waals surface area contributed by atoms with Crippen LogP contribution in [0.5, 0.6) is 11.5 Å². The van der Waals surface area contributed by atoms with Gasteiger partial charge in [-0.15, -0.1) is 0 Å².